The van der Waals surface area contributed by atoms with Crippen LogP contribution in [0.15, 0.2) is 42.5 Å². The molecular weight excluding hydrogens is 238 g/mol. The Morgan fingerprint density at radius 3 is 2.79 bits per heavy atom. The number of hydrogen-bond acceptors (Lipinski definition) is 3. The van der Waals surface area contributed by atoms with Crippen LogP contribution in [0.5, 0.6) is 11.5 Å². The summed E-state index contributed by atoms with van der Waals surface area (Å²) in [4.78, 5) is 0. The molecule has 0 unspecified atom stereocenters. The first-order valence-corrected chi connectivity index (χ1v) is 6.44. The highest BCUT2D eigenvalue weighted by Crippen LogP contribution is 2.23. The van der Waals surface area contributed by atoms with E-state index in [1.54, 1.807) is 7.11 Å². The zero-order valence-electron chi connectivity index (χ0n) is 11.0. The number of ether oxygens (including phenoxy) is 2. The van der Waals surface area contributed by atoms with Crippen molar-refractivity contribution in [1.82, 2.24) is 5.32 Å². The fourth-order valence-electron chi connectivity index (χ4n) is 2.39. The molecule has 0 saturated carbocycles. The van der Waals surface area contributed by atoms with Crippen molar-refractivity contribution >= 4 is 0 Å². The SMILES string of the molecule is COc1cccc(OCc2cccc3c2CNC3)c1. The van der Waals surface area contributed by atoms with Crippen molar-refractivity contribution in [3.05, 3.63) is 59.2 Å². The van der Waals surface area contributed by atoms with Crippen LogP contribution in [0.1, 0.15) is 16.7 Å². The van der Waals surface area contributed by atoms with Crippen molar-refractivity contribution < 1.29 is 9.47 Å². The summed E-state index contributed by atoms with van der Waals surface area (Å²) in [5.74, 6) is 1.65. The molecule has 3 rings (SSSR count). The molecule has 0 radical (unpaired) electrons. The maximum absolute atomic E-state index is 5.85. The zero-order valence-corrected chi connectivity index (χ0v) is 11.0. The van der Waals surface area contributed by atoms with Crippen LogP contribution in [0.3, 0.4) is 0 Å². The first-order chi connectivity index (χ1) is 9.36. The fourth-order valence-corrected chi connectivity index (χ4v) is 2.39. The third-order valence-electron chi connectivity index (χ3n) is 3.42. The van der Waals surface area contributed by atoms with Crippen LogP contribution in [0, 0.1) is 0 Å². The Morgan fingerprint density at radius 2 is 1.89 bits per heavy atom. The van der Waals surface area contributed by atoms with E-state index in [1.807, 2.05) is 24.3 Å². The quantitative estimate of drug-likeness (QED) is 0.911. The molecule has 0 fully saturated rings. The molecule has 1 N–H and O–H groups in total. The largest absolute Gasteiger partial charge is 0.497 e. The summed E-state index contributed by atoms with van der Waals surface area (Å²) in [6, 6.07) is 14.1. The minimum atomic E-state index is 0.595. The standard InChI is InChI=1S/C16H17NO2/c1-18-14-6-3-7-15(8-14)19-11-13-5-2-4-12-9-17-10-16(12)13/h2-8,17H,9-11H2,1H3. The monoisotopic (exact) mass is 255 g/mol. The minimum absolute atomic E-state index is 0.595. The molecule has 0 atom stereocenters. The Hall–Kier alpha value is -2.00. The normalized spacial score (nSPS) is 13.1. The predicted molar refractivity (Wildman–Crippen MR) is 74.3 cm³/mol. The van der Waals surface area contributed by atoms with Crippen molar-refractivity contribution in [2.75, 3.05) is 7.11 Å². The highest BCUT2D eigenvalue weighted by molar-refractivity contribution is 5.38. The van der Waals surface area contributed by atoms with E-state index in [9.17, 15) is 0 Å². The van der Waals surface area contributed by atoms with Gasteiger partial charge in [0, 0.05) is 19.2 Å². The molecule has 98 valence electrons. The molecule has 3 nitrogen and oxygen atoms in total. The molecule has 1 heterocycles. The third kappa shape index (κ3) is 2.56. The number of methoxy groups -OCH3 is 1. The summed E-state index contributed by atoms with van der Waals surface area (Å²) in [7, 11) is 1.66. The zero-order chi connectivity index (χ0) is 13.1. The second-order valence-corrected chi connectivity index (χ2v) is 4.63. The molecule has 1 aliphatic rings. The van der Waals surface area contributed by atoms with Crippen LogP contribution in [0.25, 0.3) is 0 Å². The van der Waals surface area contributed by atoms with E-state index < -0.39 is 0 Å². The highest BCUT2D eigenvalue weighted by Gasteiger charge is 2.13. The lowest BCUT2D eigenvalue weighted by atomic mass is 10.0. The lowest BCUT2D eigenvalue weighted by Crippen LogP contribution is -2.03. The number of benzene rings is 2. The van der Waals surface area contributed by atoms with Crippen LogP contribution in [0.4, 0.5) is 0 Å². The van der Waals surface area contributed by atoms with Gasteiger partial charge < -0.3 is 14.8 Å². The fraction of sp³-hybridized carbons (Fsp3) is 0.250. The van der Waals surface area contributed by atoms with Crippen LogP contribution in [-0.2, 0) is 19.7 Å². The number of hydrogen-bond donors (Lipinski definition) is 1. The molecule has 0 saturated heterocycles. The smallest absolute Gasteiger partial charge is 0.123 e. The van der Waals surface area contributed by atoms with Crippen molar-refractivity contribution in [3.63, 3.8) is 0 Å². The van der Waals surface area contributed by atoms with E-state index in [4.69, 9.17) is 9.47 Å². The van der Waals surface area contributed by atoms with E-state index >= 15 is 0 Å². The van der Waals surface area contributed by atoms with Crippen LogP contribution in [-0.4, -0.2) is 7.11 Å². The Bertz CT molecular complexity index is 581. The van der Waals surface area contributed by atoms with Gasteiger partial charge in [0.15, 0.2) is 0 Å². The highest BCUT2D eigenvalue weighted by atomic mass is 16.5. The van der Waals surface area contributed by atoms with E-state index in [0.717, 1.165) is 24.6 Å². The molecule has 3 heteroatoms. The van der Waals surface area contributed by atoms with Gasteiger partial charge in [0.25, 0.3) is 0 Å². The molecule has 19 heavy (non-hydrogen) atoms. The summed E-state index contributed by atoms with van der Waals surface area (Å²) in [6.07, 6.45) is 0. The van der Waals surface area contributed by atoms with Crippen molar-refractivity contribution in [2.45, 2.75) is 19.7 Å². The summed E-state index contributed by atoms with van der Waals surface area (Å²) in [5, 5.41) is 3.37. The third-order valence-corrected chi connectivity index (χ3v) is 3.42. The summed E-state index contributed by atoms with van der Waals surface area (Å²) < 4.78 is 11.0. The maximum Gasteiger partial charge on any atom is 0.123 e. The molecule has 0 bridgehead atoms. The van der Waals surface area contributed by atoms with Gasteiger partial charge in [0.1, 0.15) is 18.1 Å². The molecule has 1 aliphatic heterocycles. The minimum Gasteiger partial charge on any atom is -0.497 e. The summed E-state index contributed by atoms with van der Waals surface area (Å²) in [6.45, 7) is 2.49. The van der Waals surface area contributed by atoms with Gasteiger partial charge in [-0.15, -0.1) is 0 Å². The molecular formula is C16H17NO2. The van der Waals surface area contributed by atoms with Gasteiger partial charge in [-0.25, -0.2) is 0 Å². The van der Waals surface area contributed by atoms with Crippen LogP contribution < -0.4 is 14.8 Å². The van der Waals surface area contributed by atoms with Gasteiger partial charge in [0.05, 0.1) is 7.11 Å². The Kier molecular flexibility index (Phi) is 3.38. The van der Waals surface area contributed by atoms with Crippen LogP contribution >= 0.6 is 0 Å². The molecule has 0 aromatic heterocycles. The van der Waals surface area contributed by atoms with E-state index in [2.05, 4.69) is 23.5 Å². The molecule has 0 aliphatic carbocycles. The second kappa shape index (κ2) is 5.33. The van der Waals surface area contributed by atoms with Gasteiger partial charge in [-0.05, 0) is 28.8 Å². The summed E-state index contributed by atoms with van der Waals surface area (Å²) >= 11 is 0. The van der Waals surface area contributed by atoms with Crippen molar-refractivity contribution in [1.29, 1.82) is 0 Å². The Balaban J connectivity index is 1.74. The van der Waals surface area contributed by atoms with Gasteiger partial charge in [-0.1, -0.05) is 24.3 Å². The molecule has 0 amide bonds. The van der Waals surface area contributed by atoms with E-state index in [1.165, 1.54) is 16.7 Å². The maximum atomic E-state index is 5.85. The average Bonchev–Trinajstić information content (AvgIpc) is 2.94. The number of fused-ring (bicyclic) bond motifs is 1. The van der Waals surface area contributed by atoms with Gasteiger partial charge >= 0.3 is 0 Å². The molecule has 2 aromatic carbocycles. The average molecular weight is 255 g/mol. The summed E-state index contributed by atoms with van der Waals surface area (Å²) in [5.41, 5.74) is 4.02. The topological polar surface area (TPSA) is 30.5 Å². The molecule has 0 spiro atoms. The first-order valence-electron chi connectivity index (χ1n) is 6.44. The lowest BCUT2D eigenvalue weighted by Gasteiger charge is -2.10. The predicted octanol–water partition coefficient (Wildman–Crippen LogP) is 2.88. The lowest BCUT2D eigenvalue weighted by molar-refractivity contribution is 0.302. The number of rotatable bonds is 4. The van der Waals surface area contributed by atoms with Crippen molar-refractivity contribution in [2.24, 2.45) is 0 Å². The number of nitrogens with one attached hydrogen (secondary N) is 1. The van der Waals surface area contributed by atoms with Crippen LogP contribution in [0.2, 0.25) is 0 Å². The van der Waals surface area contributed by atoms with Gasteiger partial charge in [-0.3, -0.25) is 0 Å². The Morgan fingerprint density at radius 1 is 1.05 bits per heavy atom. The van der Waals surface area contributed by atoms with Crippen molar-refractivity contribution in [3.8, 4) is 11.5 Å². The first kappa shape index (κ1) is 12.1. The van der Waals surface area contributed by atoms with E-state index in [-0.39, 0.29) is 0 Å². The Labute approximate surface area is 113 Å². The van der Waals surface area contributed by atoms with E-state index in [0.29, 0.717) is 6.61 Å². The van der Waals surface area contributed by atoms with Gasteiger partial charge in [-0.2, -0.15) is 0 Å². The second-order valence-electron chi connectivity index (χ2n) is 4.63. The molecule has 2 aromatic rings. The van der Waals surface area contributed by atoms with Gasteiger partial charge in [0.2, 0.25) is 0 Å².